The lowest BCUT2D eigenvalue weighted by atomic mass is 10.1. The van der Waals surface area contributed by atoms with E-state index in [1.807, 2.05) is 19.1 Å². The molecule has 1 amide bonds. The van der Waals surface area contributed by atoms with Gasteiger partial charge in [-0.2, -0.15) is 0 Å². The first-order chi connectivity index (χ1) is 14.3. The monoisotopic (exact) mass is 428 g/mol. The highest BCUT2D eigenvalue weighted by Gasteiger charge is 2.19. The average Bonchev–Trinajstić information content (AvgIpc) is 2.75. The van der Waals surface area contributed by atoms with Crippen molar-refractivity contribution in [3.63, 3.8) is 0 Å². The third kappa shape index (κ3) is 4.96. The third-order valence-electron chi connectivity index (χ3n) is 4.49. The summed E-state index contributed by atoms with van der Waals surface area (Å²) in [6.07, 6.45) is 0. The summed E-state index contributed by atoms with van der Waals surface area (Å²) in [6, 6.07) is 18.0. The van der Waals surface area contributed by atoms with Gasteiger partial charge in [0.1, 0.15) is 11.6 Å². The Balaban J connectivity index is 1.76. The minimum absolute atomic E-state index is 0.143. The molecular weight excluding hydrogens is 407 g/mol. The summed E-state index contributed by atoms with van der Waals surface area (Å²) in [6.45, 7) is 1.82. The van der Waals surface area contributed by atoms with Crippen molar-refractivity contribution < 1.29 is 22.3 Å². The maximum atomic E-state index is 13.8. The summed E-state index contributed by atoms with van der Waals surface area (Å²) in [5, 5.41) is 2.83. The van der Waals surface area contributed by atoms with E-state index in [1.165, 1.54) is 42.5 Å². The quantitative estimate of drug-likeness (QED) is 0.593. The summed E-state index contributed by atoms with van der Waals surface area (Å²) in [5.41, 5.74) is 0.876. The van der Waals surface area contributed by atoms with Crippen LogP contribution in [0.25, 0.3) is 0 Å². The second kappa shape index (κ2) is 8.96. The van der Waals surface area contributed by atoms with Crippen molar-refractivity contribution in [3.8, 4) is 5.75 Å². The number of carbonyl (C=O) groups is 1. The molecule has 156 valence electrons. The molecule has 30 heavy (non-hydrogen) atoms. The number of benzene rings is 3. The van der Waals surface area contributed by atoms with Gasteiger partial charge in [-0.05, 0) is 55.0 Å². The number of hydrogen-bond donors (Lipinski definition) is 2. The van der Waals surface area contributed by atoms with Crippen LogP contribution in [0.3, 0.4) is 0 Å². The van der Waals surface area contributed by atoms with Crippen LogP contribution >= 0.6 is 0 Å². The maximum Gasteiger partial charge on any atom is 0.262 e. The molecule has 0 spiro atoms. The first-order valence-electron chi connectivity index (χ1n) is 9.12. The zero-order valence-corrected chi connectivity index (χ0v) is 17.2. The first kappa shape index (κ1) is 21.3. The summed E-state index contributed by atoms with van der Waals surface area (Å²) in [4.78, 5) is 12.5. The van der Waals surface area contributed by atoms with Gasteiger partial charge in [0.25, 0.3) is 15.9 Å². The van der Waals surface area contributed by atoms with Gasteiger partial charge in [0.15, 0.2) is 0 Å². The van der Waals surface area contributed by atoms with Crippen molar-refractivity contribution in [2.75, 3.05) is 11.8 Å². The molecular formula is C22H21FN2O4S. The average molecular weight is 428 g/mol. The lowest BCUT2D eigenvalue weighted by Gasteiger charge is -2.15. The second-order valence-corrected chi connectivity index (χ2v) is 8.26. The topological polar surface area (TPSA) is 84.5 Å². The Hall–Kier alpha value is -3.39. The molecule has 0 aromatic heterocycles. The van der Waals surface area contributed by atoms with Gasteiger partial charge in [0, 0.05) is 5.56 Å². The highest BCUT2D eigenvalue weighted by atomic mass is 32.2. The van der Waals surface area contributed by atoms with E-state index >= 15 is 0 Å². The summed E-state index contributed by atoms with van der Waals surface area (Å²) in [7, 11) is -2.49. The number of carbonyl (C=O) groups excluding carboxylic acids is 1. The maximum absolute atomic E-state index is 13.8. The van der Waals surface area contributed by atoms with Crippen molar-refractivity contribution in [1.82, 2.24) is 5.32 Å². The Bertz CT molecular complexity index is 1150. The van der Waals surface area contributed by atoms with Gasteiger partial charge in [-0.15, -0.1) is 0 Å². The van der Waals surface area contributed by atoms with Crippen molar-refractivity contribution in [3.05, 3.63) is 89.7 Å². The molecule has 0 aliphatic carbocycles. The standard InChI is InChI=1S/C22H21FN2O4S/c1-15(16-10-12-18(29-2)13-11-16)24-22(26)17-6-5-7-19(14-17)30(27,28)25-21-9-4-3-8-20(21)23/h3-15,25H,1-2H3,(H,24,26). The summed E-state index contributed by atoms with van der Waals surface area (Å²) in [5.74, 6) is -0.415. The Kier molecular flexibility index (Phi) is 6.37. The van der Waals surface area contributed by atoms with Crippen LogP contribution in [0.2, 0.25) is 0 Å². The number of rotatable bonds is 7. The molecule has 0 aliphatic rings. The lowest BCUT2D eigenvalue weighted by Crippen LogP contribution is -2.27. The molecule has 0 radical (unpaired) electrons. The number of ether oxygens (including phenoxy) is 1. The largest absolute Gasteiger partial charge is 0.497 e. The number of methoxy groups -OCH3 is 1. The SMILES string of the molecule is COc1ccc(C(C)NC(=O)c2cccc(S(=O)(=O)Nc3ccccc3F)c2)cc1. The molecule has 0 aliphatic heterocycles. The van der Waals surface area contributed by atoms with Gasteiger partial charge in [0.2, 0.25) is 0 Å². The molecule has 3 aromatic rings. The zero-order valence-electron chi connectivity index (χ0n) is 16.4. The van der Waals surface area contributed by atoms with Crippen LogP contribution in [-0.4, -0.2) is 21.4 Å². The van der Waals surface area contributed by atoms with Gasteiger partial charge in [0.05, 0.1) is 23.7 Å². The van der Waals surface area contributed by atoms with E-state index < -0.39 is 21.7 Å². The zero-order chi connectivity index (χ0) is 21.7. The van der Waals surface area contributed by atoms with Crippen molar-refractivity contribution >= 4 is 21.6 Å². The number of para-hydroxylation sites is 1. The summed E-state index contributed by atoms with van der Waals surface area (Å²) >= 11 is 0. The van der Waals surface area contributed by atoms with Crippen LogP contribution in [0.15, 0.2) is 77.7 Å². The van der Waals surface area contributed by atoms with E-state index in [-0.39, 0.29) is 22.2 Å². The first-order valence-corrected chi connectivity index (χ1v) is 10.6. The van der Waals surface area contributed by atoms with Gasteiger partial charge >= 0.3 is 0 Å². The number of hydrogen-bond acceptors (Lipinski definition) is 4. The van der Waals surface area contributed by atoms with E-state index in [0.717, 1.165) is 11.6 Å². The van der Waals surface area contributed by atoms with Crippen molar-refractivity contribution in [2.24, 2.45) is 0 Å². The van der Waals surface area contributed by atoms with Crippen molar-refractivity contribution in [2.45, 2.75) is 17.9 Å². The molecule has 0 heterocycles. The molecule has 1 unspecified atom stereocenters. The minimum Gasteiger partial charge on any atom is -0.497 e. The number of halogens is 1. The van der Waals surface area contributed by atoms with E-state index in [0.29, 0.717) is 5.75 Å². The molecule has 6 nitrogen and oxygen atoms in total. The minimum atomic E-state index is -4.06. The third-order valence-corrected chi connectivity index (χ3v) is 5.85. The molecule has 2 N–H and O–H groups in total. The summed E-state index contributed by atoms with van der Waals surface area (Å²) < 4.78 is 46.3. The predicted octanol–water partition coefficient (Wildman–Crippen LogP) is 4.13. The fourth-order valence-corrected chi connectivity index (χ4v) is 3.92. The van der Waals surface area contributed by atoms with Crippen molar-refractivity contribution in [1.29, 1.82) is 0 Å². The Morgan fingerprint density at radius 1 is 1.00 bits per heavy atom. The van der Waals surface area contributed by atoms with Gasteiger partial charge in [-0.25, -0.2) is 12.8 Å². The number of sulfonamides is 1. The van der Waals surface area contributed by atoms with Crippen LogP contribution in [0.5, 0.6) is 5.75 Å². The Morgan fingerprint density at radius 2 is 1.70 bits per heavy atom. The molecule has 3 aromatic carbocycles. The van der Waals surface area contributed by atoms with Crippen LogP contribution < -0.4 is 14.8 Å². The van der Waals surface area contributed by atoms with Gasteiger partial charge in [-0.3, -0.25) is 9.52 Å². The smallest absolute Gasteiger partial charge is 0.262 e. The van der Waals surface area contributed by atoms with Gasteiger partial charge < -0.3 is 10.1 Å². The number of anilines is 1. The lowest BCUT2D eigenvalue weighted by molar-refractivity contribution is 0.0939. The fourth-order valence-electron chi connectivity index (χ4n) is 2.81. The molecule has 1 atom stereocenters. The Labute approximate surface area is 174 Å². The molecule has 0 saturated heterocycles. The van der Waals surface area contributed by atoms with Gasteiger partial charge in [-0.1, -0.05) is 30.3 Å². The highest BCUT2D eigenvalue weighted by Crippen LogP contribution is 2.21. The van der Waals surface area contributed by atoms with Crippen LogP contribution in [-0.2, 0) is 10.0 Å². The number of nitrogens with one attached hydrogen (secondary N) is 2. The van der Waals surface area contributed by atoms with Crippen LogP contribution in [0.4, 0.5) is 10.1 Å². The normalized spacial score (nSPS) is 12.1. The number of amides is 1. The molecule has 0 fully saturated rings. The van der Waals surface area contributed by atoms with E-state index in [9.17, 15) is 17.6 Å². The Morgan fingerprint density at radius 3 is 2.37 bits per heavy atom. The highest BCUT2D eigenvalue weighted by molar-refractivity contribution is 7.92. The second-order valence-electron chi connectivity index (χ2n) is 6.58. The van der Waals surface area contributed by atoms with E-state index in [4.69, 9.17) is 4.74 Å². The van der Waals surface area contributed by atoms with Crippen LogP contribution in [0.1, 0.15) is 28.9 Å². The molecule has 0 bridgehead atoms. The van der Waals surface area contributed by atoms with E-state index in [2.05, 4.69) is 10.0 Å². The molecule has 0 saturated carbocycles. The molecule has 3 rings (SSSR count). The fraction of sp³-hybridized carbons (Fsp3) is 0.136. The predicted molar refractivity (Wildman–Crippen MR) is 113 cm³/mol. The molecule has 8 heteroatoms. The van der Waals surface area contributed by atoms with Crippen LogP contribution in [0, 0.1) is 5.82 Å². The van der Waals surface area contributed by atoms with E-state index in [1.54, 1.807) is 19.2 Å².